The van der Waals surface area contributed by atoms with Gasteiger partial charge in [-0.05, 0) is 33.3 Å². The van der Waals surface area contributed by atoms with Crippen molar-refractivity contribution in [2.75, 3.05) is 18.9 Å². The van der Waals surface area contributed by atoms with Crippen LogP contribution in [0.25, 0.3) is 10.2 Å². The molecule has 1 amide bonds. The summed E-state index contributed by atoms with van der Waals surface area (Å²) in [5.74, 6) is 0.808. The molecule has 0 spiro atoms. The van der Waals surface area contributed by atoms with E-state index in [0.717, 1.165) is 16.0 Å². The Morgan fingerprint density at radius 1 is 1.35 bits per heavy atom. The molecule has 2 aromatic heterocycles. The average molecular weight is 292 g/mol. The van der Waals surface area contributed by atoms with Gasteiger partial charge in [-0.1, -0.05) is 0 Å². The van der Waals surface area contributed by atoms with Crippen LogP contribution < -0.4 is 10.6 Å². The second-order valence-corrected chi connectivity index (χ2v) is 6.71. The molecule has 0 aliphatic heterocycles. The standard InChI is InChI=1S/C14H20N4OS/c1-8-9(2)20-12-10(8)11(17-7-18-12)16-6-14(3,4)13(19)15-5/h7H,6H2,1-5H3,(H,15,19)(H,16,17,18). The van der Waals surface area contributed by atoms with Crippen LogP contribution in [0, 0.1) is 19.3 Å². The number of aromatic nitrogens is 2. The molecule has 108 valence electrons. The Morgan fingerprint density at radius 2 is 2.05 bits per heavy atom. The van der Waals surface area contributed by atoms with Crippen molar-refractivity contribution in [3.8, 4) is 0 Å². The maximum absolute atomic E-state index is 11.8. The highest BCUT2D eigenvalue weighted by atomic mass is 32.1. The third-order valence-corrected chi connectivity index (χ3v) is 4.62. The molecule has 0 saturated carbocycles. The van der Waals surface area contributed by atoms with Gasteiger partial charge in [0.25, 0.3) is 0 Å². The summed E-state index contributed by atoms with van der Waals surface area (Å²) in [6, 6.07) is 0. The third kappa shape index (κ3) is 2.60. The molecular weight excluding hydrogens is 272 g/mol. The summed E-state index contributed by atoms with van der Waals surface area (Å²) in [6.45, 7) is 8.49. The monoisotopic (exact) mass is 292 g/mol. The van der Waals surface area contributed by atoms with E-state index in [9.17, 15) is 4.79 Å². The van der Waals surface area contributed by atoms with E-state index in [1.54, 1.807) is 24.7 Å². The first-order chi connectivity index (χ1) is 9.36. The molecule has 20 heavy (non-hydrogen) atoms. The number of anilines is 1. The molecule has 0 aliphatic rings. The number of hydrogen-bond donors (Lipinski definition) is 2. The third-order valence-electron chi connectivity index (χ3n) is 3.50. The zero-order valence-corrected chi connectivity index (χ0v) is 13.3. The first-order valence-electron chi connectivity index (χ1n) is 6.53. The fraction of sp³-hybridized carbons (Fsp3) is 0.500. The molecule has 2 aromatic rings. The van der Waals surface area contributed by atoms with Crippen LogP contribution >= 0.6 is 11.3 Å². The van der Waals surface area contributed by atoms with E-state index in [2.05, 4.69) is 34.4 Å². The number of rotatable bonds is 4. The lowest BCUT2D eigenvalue weighted by molar-refractivity contribution is -0.128. The summed E-state index contributed by atoms with van der Waals surface area (Å²) in [5.41, 5.74) is 0.705. The second-order valence-electron chi connectivity index (χ2n) is 5.50. The molecule has 0 aromatic carbocycles. The Labute approximate surface area is 122 Å². The molecule has 2 heterocycles. The average Bonchev–Trinajstić information content (AvgIpc) is 2.71. The zero-order chi connectivity index (χ0) is 14.9. The first kappa shape index (κ1) is 14.7. The molecule has 0 fully saturated rings. The number of aryl methyl sites for hydroxylation is 2. The van der Waals surface area contributed by atoms with Crippen molar-refractivity contribution in [1.82, 2.24) is 15.3 Å². The van der Waals surface area contributed by atoms with E-state index in [1.807, 2.05) is 13.8 Å². The highest BCUT2D eigenvalue weighted by Gasteiger charge is 2.26. The number of amides is 1. The molecule has 0 bridgehead atoms. The minimum Gasteiger partial charge on any atom is -0.368 e. The number of fused-ring (bicyclic) bond motifs is 1. The highest BCUT2D eigenvalue weighted by Crippen LogP contribution is 2.32. The Kier molecular flexibility index (Phi) is 3.94. The Hall–Kier alpha value is -1.69. The maximum Gasteiger partial charge on any atom is 0.227 e. The van der Waals surface area contributed by atoms with E-state index < -0.39 is 5.41 Å². The fourth-order valence-electron chi connectivity index (χ4n) is 2.04. The Balaban J connectivity index is 2.29. The van der Waals surface area contributed by atoms with Crippen LogP contribution in [-0.4, -0.2) is 29.5 Å². The van der Waals surface area contributed by atoms with Gasteiger partial charge in [-0.3, -0.25) is 4.79 Å². The van der Waals surface area contributed by atoms with Crippen LogP contribution in [-0.2, 0) is 4.79 Å². The number of carbonyl (C=O) groups excluding carboxylic acids is 1. The van der Waals surface area contributed by atoms with Crippen molar-refractivity contribution in [3.05, 3.63) is 16.8 Å². The van der Waals surface area contributed by atoms with Gasteiger partial charge in [-0.25, -0.2) is 9.97 Å². The van der Waals surface area contributed by atoms with Gasteiger partial charge in [-0.15, -0.1) is 11.3 Å². The lowest BCUT2D eigenvalue weighted by Crippen LogP contribution is -2.39. The van der Waals surface area contributed by atoms with Crippen LogP contribution in [0.15, 0.2) is 6.33 Å². The number of thiophene rings is 1. The van der Waals surface area contributed by atoms with Crippen LogP contribution in [0.4, 0.5) is 5.82 Å². The van der Waals surface area contributed by atoms with Gasteiger partial charge < -0.3 is 10.6 Å². The molecule has 0 unspecified atom stereocenters. The second kappa shape index (κ2) is 5.36. The smallest absolute Gasteiger partial charge is 0.227 e. The topological polar surface area (TPSA) is 66.9 Å². The van der Waals surface area contributed by atoms with Crippen LogP contribution in [0.3, 0.4) is 0 Å². The normalized spacial score (nSPS) is 11.7. The molecule has 0 aliphatic carbocycles. The molecule has 5 nitrogen and oxygen atoms in total. The number of nitrogens with zero attached hydrogens (tertiary/aromatic N) is 2. The minimum absolute atomic E-state index is 0.00789. The van der Waals surface area contributed by atoms with Crippen LogP contribution in [0.5, 0.6) is 0 Å². The molecule has 6 heteroatoms. The number of hydrogen-bond acceptors (Lipinski definition) is 5. The summed E-state index contributed by atoms with van der Waals surface area (Å²) in [5, 5.41) is 7.03. The summed E-state index contributed by atoms with van der Waals surface area (Å²) < 4.78 is 0. The van der Waals surface area contributed by atoms with Crippen molar-refractivity contribution in [3.63, 3.8) is 0 Å². The van der Waals surface area contributed by atoms with E-state index >= 15 is 0 Å². The Morgan fingerprint density at radius 3 is 2.70 bits per heavy atom. The lowest BCUT2D eigenvalue weighted by Gasteiger charge is -2.23. The van der Waals surface area contributed by atoms with Gasteiger partial charge in [0.2, 0.25) is 5.91 Å². The molecule has 0 radical (unpaired) electrons. The fourth-order valence-corrected chi connectivity index (χ4v) is 3.04. The van der Waals surface area contributed by atoms with Gasteiger partial charge >= 0.3 is 0 Å². The van der Waals surface area contributed by atoms with Gasteiger partial charge in [0, 0.05) is 18.5 Å². The minimum atomic E-state index is -0.495. The van der Waals surface area contributed by atoms with Gasteiger partial charge in [-0.2, -0.15) is 0 Å². The first-order valence-corrected chi connectivity index (χ1v) is 7.35. The van der Waals surface area contributed by atoms with Crippen molar-refractivity contribution in [2.24, 2.45) is 5.41 Å². The summed E-state index contributed by atoms with van der Waals surface area (Å²) in [6.07, 6.45) is 1.56. The quantitative estimate of drug-likeness (QED) is 0.908. The predicted octanol–water partition coefficient (Wildman–Crippen LogP) is 2.49. The van der Waals surface area contributed by atoms with Gasteiger partial charge in [0.1, 0.15) is 17.0 Å². The molecular formula is C14H20N4OS. The zero-order valence-electron chi connectivity index (χ0n) is 12.5. The van der Waals surface area contributed by atoms with E-state index in [4.69, 9.17) is 0 Å². The van der Waals surface area contributed by atoms with Crippen molar-refractivity contribution >= 4 is 33.3 Å². The van der Waals surface area contributed by atoms with Crippen molar-refractivity contribution in [1.29, 1.82) is 0 Å². The van der Waals surface area contributed by atoms with Gasteiger partial charge in [0.05, 0.1) is 10.8 Å². The number of nitrogens with one attached hydrogen (secondary N) is 2. The molecule has 2 N–H and O–H groups in total. The molecule has 0 saturated heterocycles. The van der Waals surface area contributed by atoms with Crippen molar-refractivity contribution in [2.45, 2.75) is 27.7 Å². The van der Waals surface area contributed by atoms with Crippen molar-refractivity contribution < 1.29 is 4.79 Å². The van der Waals surface area contributed by atoms with E-state index in [-0.39, 0.29) is 5.91 Å². The highest BCUT2D eigenvalue weighted by molar-refractivity contribution is 7.18. The predicted molar refractivity (Wildman–Crippen MR) is 83.2 cm³/mol. The lowest BCUT2D eigenvalue weighted by atomic mass is 9.92. The maximum atomic E-state index is 11.8. The Bertz CT molecular complexity index is 648. The summed E-state index contributed by atoms with van der Waals surface area (Å²) >= 11 is 1.67. The van der Waals surface area contributed by atoms with Crippen LogP contribution in [0.2, 0.25) is 0 Å². The van der Waals surface area contributed by atoms with Gasteiger partial charge in [0.15, 0.2) is 0 Å². The van der Waals surface area contributed by atoms with Crippen LogP contribution in [0.1, 0.15) is 24.3 Å². The van der Waals surface area contributed by atoms with E-state index in [0.29, 0.717) is 6.54 Å². The number of carbonyl (C=O) groups is 1. The molecule has 0 atom stereocenters. The summed E-state index contributed by atoms with van der Waals surface area (Å²) in [4.78, 5) is 22.7. The largest absolute Gasteiger partial charge is 0.368 e. The SMILES string of the molecule is CNC(=O)C(C)(C)CNc1ncnc2sc(C)c(C)c12. The molecule has 2 rings (SSSR count). The summed E-state index contributed by atoms with van der Waals surface area (Å²) in [7, 11) is 1.65. The van der Waals surface area contributed by atoms with E-state index in [1.165, 1.54) is 10.4 Å².